The second-order valence-corrected chi connectivity index (χ2v) is 7.51. The van der Waals surface area contributed by atoms with Crippen LogP contribution in [0.1, 0.15) is 16.1 Å². The van der Waals surface area contributed by atoms with E-state index in [0.29, 0.717) is 0 Å². The van der Waals surface area contributed by atoms with Gasteiger partial charge in [0.05, 0.1) is 11.3 Å². The standard InChI is InChI=1S/C18H16BrN5S.BrH/c1-13-14(2)25-18(20-13)24-22(19)17(15-9-5-3-6-10-15)21-23(24)16-11-7-4-8-12-16;/h3-12H,1-2H3;1H. The van der Waals surface area contributed by atoms with E-state index in [-0.39, 0.29) is 17.0 Å². The van der Waals surface area contributed by atoms with Crippen LogP contribution in [-0.4, -0.2) is 14.5 Å². The molecule has 8 heteroatoms. The number of aromatic nitrogens is 1. The van der Waals surface area contributed by atoms with Crippen LogP contribution < -0.4 is 32.6 Å². The molecule has 134 valence electrons. The van der Waals surface area contributed by atoms with Gasteiger partial charge in [-0.2, -0.15) is 0 Å². The molecule has 2 aromatic carbocycles. The molecule has 26 heavy (non-hydrogen) atoms. The molecule has 1 N–H and O–H groups in total. The molecule has 0 saturated heterocycles. The van der Waals surface area contributed by atoms with Crippen LogP contribution in [0.5, 0.6) is 0 Å². The lowest BCUT2D eigenvalue weighted by molar-refractivity contribution is -0.336. The van der Waals surface area contributed by atoms with E-state index in [2.05, 4.69) is 52.8 Å². The minimum Gasteiger partial charge on any atom is -1.00 e. The Morgan fingerprint density at radius 3 is 2.19 bits per heavy atom. The first-order valence-electron chi connectivity index (χ1n) is 7.89. The van der Waals surface area contributed by atoms with Gasteiger partial charge in [0.15, 0.2) is 0 Å². The van der Waals surface area contributed by atoms with Gasteiger partial charge in [-0.15, -0.1) is 5.43 Å². The van der Waals surface area contributed by atoms with Gasteiger partial charge in [-0.1, -0.05) is 56.6 Å². The highest BCUT2D eigenvalue weighted by atomic mass is 79.9. The zero-order valence-electron chi connectivity index (χ0n) is 14.2. The average molecular weight is 495 g/mol. The zero-order chi connectivity index (χ0) is 17.4. The Bertz CT molecular complexity index is 908. The SMILES string of the molecule is Cc1nc(N2N(c3ccccc3)NC(c3ccccc3)=[N+]2Br)sc1C.[Br-]. The van der Waals surface area contributed by atoms with Gasteiger partial charge in [-0.05, 0) is 43.2 Å². The topological polar surface area (TPSA) is 34.4 Å². The highest BCUT2D eigenvalue weighted by Crippen LogP contribution is 2.31. The maximum absolute atomic E-state index is 4.72. The van der Waals surface area contributed by atoms with E-state index in [1.807, 2.05) is 57.3 Å². The molecule has 0 atom stereocenters. The van der Waals surface area contributed by atoms with Crippen LogP contribution in [0.15, 0.2) is 60.7 Å². The fourth-order valence-electron chi connectivity index (χ4n) is 2.57. The van der Waals surface area contributed by atoms with Crippen LogP contribution >= 0.6 is 27.5 Å². The van der Waals surface area contributed by atoms with Crippen molar-refractivity contribution in [3.63, 3.8) is 0 Å². The van der Waals surface area contributed by atoms with Gasteiger partial charge in [0, 0.05) is 4.88 Å². The maximum atomic E-state index is 4.72. The Kier molecular flexibility index (Phi) is 5.64. The third-order valence-electron chi connectivity index (χ3n) is 3.99. The number of halogens is 2. The highest BCUT2D eigenvalue weighted by molar-refractivity contribution is 9.05. The summed E-state index contributed by atoms with van der Waals surface area (Å²) in [6.45, 7) is 4.12. The van der Waals surface area contributed by atoms with Crippen LogP contribution in [0.4, 0.5) is 10.8 Å². The number of amidine groups is 1. The molecule has 0 saturated carbocycles. The second kappa shape index (κ2) is 7.77. The van der Waals surface area contributed by atoms with Crippen molar-refractivity contribution in [1.29, 1.82) is 0 Å². The molecule has 0 fully saturated rings. The molecule has 0 aliphatic carbocycles. The van der Waals surface area contributed by atoms with E-state index >= 15 is 0 Å². The number of hydrazone groups is 1. The van der Waals surface area contributed by atoms with Crippen LogP contribution in [0.2, 0.25) is 0 Å². The number of benzene rings is 2. The van der Waals surface area contributed by atoms with Crippen LogP contribution in [0.25, 0.3) is 0 Å². The highest BCUT2D eigenvalue weighted by Gasteiger charge is 2.40. The molecule has 0 unspecified atom stereocenters. The van der Waals surface area contributed by atoms with Gasteiger partial charge >= 0.3 is 5.84 Å². The first kappa shape index (κ1) is 18.9. The summed E-state index contributed by atoms with van der Waals surface area (Å²) in [5.74, 6) is 0.926. The van der Waals surface area contributed by atoms with Crippen molar-refractivity contribution < 1.29 is 20.7 Å². The van der Waals surface area contributed by atoms with Crippen LogP contribution in [-0.2, 0) is 0 Å². The lowest BCUT2D eigenvalue weighted by Gasteiger charge is -2.21. The van der Waals surface area contributed by atoms with Crippen molar-refractivity contribution in [3.05, 3.63) is 76.8 Å². The average Bonchev–Trinajstić information content (AvgIpc) is 3.16. The van der Waals surface area contributed by atoms with Gasteiger partial charge in [0.1, 0.15) is 5.69 Å². The largest absolute Gasteiger partial charge is 1.00 e. The lowest BCUT2D eigenvalue weighted by atomic mass is 10.2. The van der Waals surface area contributed by atoms with E-state index in [4.69, 9.17) is 4.98 Å². The molecule has 0 bridgehead atoms. The Morgan fingerprint density at radius 2 is 1.62 bits per heavy atom. The van der Waals surface area contributed by atoms with Gasteiger partial charge in [0.25, 0.3) is 5.13 Å². The molecular formula is C18H17Br2N5S. The van der Waals surface area contributed by atoms with Crippen molar-refractivity contribution in [2.75, 3.05) is 10.2 Å². The maximum Gasteiger partial charge on any atom is 0.339 e. The van der Waals surface area contributed by atoms with Crippen LogP contribution in [0.3, 0.4) is 0 Å². The minimum atomic E-state index is 0. The minimum absolute atomic E-state index is 0. The van der Waals surface area contributed by atoms with Crippen LogP contribution in [0, 0.1) is 13.8 Å². The lowest BCUT2D eigenvalue weighted by Crippen LogP contribution is -3.00. The number of hydrogen-bond acceptors (Lipinski definition) is 5. The first-order chi connectivity index (χ1) is 12.1. The quantitative estimate of drug-likeness (QED) is 0.555. The summed E-state index contributed by atoms with van der Waals surface area (Å²) in [6, 6.07) is 20.4. The monoisotopic (exact) mass is 493 g/mol. The van der Waals surface area contributed by atoms with Gasteiger partial charge in [0.2, 0.25) is 16.1 Å². The Labute approximate surface area is 175 Å². The van der Waals surface area contributed by atoms with Crippen molar-refractivity contribution in [3.8, 4) is 0 Å². The third-order valence-corrected chi connectivity index (χ3v) is 5.68. The van der Waals surface area contributed by atoms with Crippen molar-refractivity contribution in [2.45, 2.75) is 13.8 Å². The van der Waals surface area contributed by atoms with Gasteiger partial charge in [-0.25, -0.2) is 4.98 Å². The smallest absolute Gasteiger partial charge is 0.339 e. The fourth-order valence-corrected chi connectivity index (χ4v) is 4.15. The summed E-state index contributed by atoms with van der Waals surface area (Å²) in [4.78, 5) is 5.93. The fraction of sp³-hybridized carbons (Fsp3) is 0.111. The van der Waals surface area contributed by atoms with Gasteiger partial charge in [-0.3, -0.25) is 0 Å². The van der Waals surface area contributed by atoms with E-state index in [0.717, 1.165) is 27.9 Å². The molecule has 2 heterocycles. The number of rotatable bonds is 3. The number of aryl methyl sites for hydroxylation is 2. The summed E-state index contributed by atoms with van der Waals surface area (Å²) < 4.78 is 1.91. The Morgan fingerprint density at radius 1 is 1.00 bits per heavy atom. The number of nitrogens with zero attached hydrogens (tertiary/aromatic N) is 4. The van der Waals surface area contributed by atoms with E-state index < -0.39 is 0 Å². The number of hydrogen-bond donors (Lipinski definition) is 1. The normalized spacial score (nSPS) is 13.7. The summed E-state index contributed by atoms with van der Waals surface area (Å²) in [7, 11) is 0. The second-order valence-electron chi connectivity index (χ2n) is 5.66. The number of anilines is 2. The summed E-state index contributed by atoms with van der Waals surface area (Å²) in [5.41, 5.74) is 6.61. The molecule has 1 aliphatic rings. The number of para-hydroxylation sites is 1. The third kappa shape index (κ3) is 3.36. The summed E-state index contributed by atoms with van der Waals surface area (Å²) >= 11 is 5.36. The molecule has 0 amide bonds. The Balaban J connectivity index is 0.00000196. The number of hydrazine groups is 3. The molecule has 0 radical (unpaired) electrons. The van der Waals surface area contributed by atoms with Crippen molar-refractivity contribution in [1.82, 2.24) is 10.4 Å². The van der Waals surface area contributed by atoms with E-state index in [1.54, 1.807) is 11.3 Å². The Hall–Kier alpha value is -1.90. The van der Waals surface area contributed by atoms with E-state index in [1.165, 1.54) is 4.88 Å². The summed E-state index contributed by atoms with van der Waals surface area (Å²) in [5, 5.41) is 4.85. The zero-order valence-corrected chi connectivity index (χ0v) is 18.2. The van der Waals surface area contributed by atoms with Crippen molar-refractivity contribution >= 4 is 44.1 Å². The van der Waals surface area contributed by atoms with Gasteiger partial charge < -0.3 is 17.0 Å². The van der Waals surface area contributed by atoms with Crippen molar-refractivity contribution in [2.24, 2.45) is 0 Å². The first-order valence-corrected chi connectivity index (χ1v) is 9.42. The molecule has 1 aromatic heterocycles. The molecular weight excluding hydrogens is 478 g/mol. The molecule has 0 spiro atoms. The molecule has 5 nitrogen and oxygen atoms in total. The van der Waals surface area contributed by atoms with E-state index in [9.17, 15) is 0 Å². The predicted octanol–water partition coefficient (Wildman–Crippen LogP) is 1.19. The number of nitrogens with one attached hydrogen (secondary N) is 1. The molecule has 1 aliphatic heterocycles. The molecule has 3 aromatic rings. The molecule has 4 rings (SSSR count). The summed E-state index contributed by atoms with van der Waals surface area (Å²) in [6.07, 6.45) is 0. The predicted molar refractivity (Wildman–Crippen MR) is 106 cm³/mol. The number of thiazole rings is 1.